The Morgan fingerprint density at radius 2 is 1.63 bits per heavy atom. The average molecular weight is 526 g/mol. The van der Waals surface area contributed by atoms with Gasteiger partial charge < -0.3 is 31.8 Å². The summed E-state index contributed by atoms with van der Waals surface area (Å²) < 4.78 is 13.3. The van der Waals surface area contributed by atoms with Gasteiger partial charge in [0.15, 0.2) is 5.76 Å². The fraction of sp³-hybridized carbons (Fsp3) is 0.133. The molecule has 5 aromatic rings. The summed E-state index contributed by atoms with van der Waals surface area (Å²) in [6.07, 6.45) is 5.19. The number of hydrogen-bond donors (Lipinski definition) is 1. The minimum Gasteiger partial charge on any atom is -1.00 e. The standard InChI is InChI=1S/C30H26N4O3.ClH/c35-29(31-24-11-13-25(14-12-24)33-16-18-36-19-17-33)15-10-23-21-34(26-7-2-1-3-8-26)32-30(23)28-20-22-6-4-5-9-27(22)37-28;/h1-15,20-21H,16-19H2,(H,31,35);1H/p-1/b15-10+;. The largest absolute Gasteiger partial charge is 1.00 e. The molecular formula is C30H26ClN4O3-. The van der Waals surface area contributed by atoms with Gasteiger partial charge in [-0.05, 0) is 54.6 Å². The molecule has 0 bridgehead atoms. The Morgan fingerprint density at radius 3 is 2.39 bits per heavy atom. The number of anilines is 2. The smallest absolute Gasteiger partial charge is 0.248 e. The van der Waals surface area contributed by atoms with Crippen molar-refractivity contribution in [2.75, 3.05) is 36.5 Å². The molecule has 1 aliphatic heterocycles. The van der Waals surface area contributed by atoms with Crippen LogP contribution in [0, 0.1) is 0 Å². The number of aromatic nitrogens is 2. The first-order valence-electron chi connectivity index (χ1n) is 12.3. The van der Waals surface area contributed by atoms with Crippen LogP contribution in [-0.4, -0.2) is 42.0 Å². The van der Waals surface area contributed by atoms with Crippen molar-refractivity contribution in [3.8, 4) is 17.1 Å². The maximum absolute atomic E-state index is 12.8. The second-order valence-electron chi connectivity index (χ2n) is 8.83. The molecule has 7 nitrogen and oxygen atoms in total. The van der Waals surface area contributed by atoms with Crippen molar-refractivity contribution in [1.29, 1.82) is 0 Å². The molecule has 192 valence electrons. The zero-order chi connectivity index (χ0) is 25.0. The zero-order valence-electron chi connectivity index (χ0n) is 20.6. The number of carbonyl (C=O) groups is 1. The van der Waals surface area contributed by atoms with Gasteiger partial charge in [0.2, 0.25) is 5.91 Å². The molecule has 0 saturated carbocycles. The van der Waals surface area contributed by atoms with Crippen LogP contribution in [0.2, 0.25) is 0 Å². The SMILES string of the molecule is O=C(/C=C/c1cn(-c2ccccc2)nc1-c1cc2ccccc2o1)Nc1ccc(N2CCOCC2)cc1.[Cl-]. The monoisotopic (exact) mass is 525 g/mol. The highest BCUT2D eigenvalue weighted by atomic mass is 35.5. The van der Waals surface area contributed by atoms with Gasteiger partial charge in [0.25, 0.3) is 0 Å². The molecular weight excluding hydrogens is 500 g/mol. The highest BCUT2D eigenvalue weighted by Crippen LogP contribution is 2.30. The predicted octanol–water partition coefficient (Wildman–Crippen LogP) is 2.78. The lowest BCUT2D eigenvalue weighted by Crippen LogP contribution is -3.00. The Morgan fingerprint density at radius 1 is 0.895 bits per heavy atom. The van der Waals surface area contributed by atoms with Crippen molar-refractivity contribution in [2.24, 2.45) is 0 Å². The minimum atomic E-state index is -0.220. The van der Waals surface area contributed by atoms with Gasteiger partial charge in [-0.2, -0.15) is 5.10 Å². The summed E-state index contributed by atoms with van der Waals surface area (Å²) in [6.45, 7) is 3.22. The van der Waals surface area contributed by atoms with Crippen molar-refractivity contribution in [2.45, 2.75) is 0 Å². The molecule has 1 amide bonds. The molecule has 8 heteroatoms. The predicted molar refractivity (Wildman–Crippen MR) is 146 cm³/mol. The molecule has 0 atom stereocenters. The van der Waals surface area contributed by atoms with E-state index in [0.29, 0.717) is 11.5 Å². The van der Waals surface area contributed by atoms with Crippen LogP contribution in [0.3, 0.4) is 0 Å². The highest BCUT2D eigenvalue weighted by Gasteiger charge is 2.16. The summed E-state index contributed by atoms with van der Waals surface area (Å²) >= 11 is 0. The van der Waals surface area contributed by atoms with Gasteiger partial charge in [-0.1, -0.05) is 36.4 Å². The average Bonchev–Trinajstić information content (AvgIpc) is 3.58. The number of halogens is 1. The van der Waals surface area contributed by atoms with E-state index in [9.17, 15) is 4.79 Å². The van der Waals surface area contributed by atoms with Crippen molar-refractivity contribution >= 4 is 34.3 Å². The molecule has 0 radical (unpaired) electrons. The number of para-hydroxylation sites is 2. The van der Waals surface area contributed by atoms with Crippen molar-refractivity contribution < 1.29 is 26.4 Å². The molecule has 0 unspecified atom stereocenters. The zero-order valence-corrected chi connectivity index (χ0v) is 21.3. The van der Waals surface area contributed by atoms with E-state index in [1.807, 2.05) is 91.1 Å². The lowest BCUT2D eigenvalue weighted by molar-refractivity contribution is -0.111. The van der Waals surface area contributed by atoms with E-state index in [2.05, 4.69) is 10.2 Å². The minimum absolute atomic E-state index is 0. The Labute approximate surface area is 226 Å². The Kier molecular flexibility index (Phi) is 7.58. The molecule has 1 aliphatic rings. The number of nitrogens with one attached hydrogen (secondary N) is 1. The molecule has 38 heavy (non-hydrogen) atoms. The van der Waals surface area contributed by atoms with Crippen LogP contribution < -0.4 is 22.6 Å². The van der Waals surface area contributed by atoms with Crippen molar-refractivity contribution in [3.63, 3.8) is 0 Å². The van der Waals surface area contributed by atoms with Crippen LogP contribution in [0.25, 0.3) is 34.2 Å². The first kappa shape index (κ1) is 25.3. The van der Waals surface area contributed by atoms with E-state index >= 15 is 0 Å². The van der Waals surface area contributed by atoms with E-state index < -0.39 is 0 Å². The molecule has 1 fully saturated rings. The van der Waals surface area contributed by atoms with Gasteiger partial charge in [0.05, 0.1) is 18.9 Å². The number of nitrogens with zero attached hydrogens (tertiary/aromatic N) is 3. The number of rotatable bonds is 6. The van der Waals surface area contributed by atoms with Gasteiger partial charge in [-0.25, -0.2) is 4.68 Å². The molecule has 3 aromatic carbocycles. The van der Waals surface area contributed by atoms with Gasteiger partial charge in [-0.3, -0.25) is 4.79 Å². The maximum Gasteiger partial charge on any atom is 0.248 e. The Hall–Kier alpha value is -4.33. The topological polar surface area (TPSA) is 72.5 Å². The summed E-state index contributed by atoms with van der Waals surface area (Å²) in [5, 5.41) is 8.73. The summed E-state index contributed by atoms with van der Waals surface area (Å²) in [4.78, 5) is 15.0. The van der Waals surface area contributed by atoms with Crippen molar-refractivity contribution in [3.05, 3.63) is 103 Å². The van der Waals surface area contributed by atoms with E-state index in [1.165, 1.54) is 6.08 Å². The quantitative estimate of drug-likeness (QED) is 0.345. The van der Waals surface area contributed by atoms with Gasteiger partial charge in [-0.15, -0.1) is 0 Å². The third-order valence-electron chi connectivity index (χ3n) is 6.35. The fourth-order valence-electron chi connectivity index (χ4n) is 4.44. The maximum atomic E-state index is 12.8. The lowest BCUT2D eigenvalue weighted by atomic mass is 10.1. The normalized spacial score (nSPS) is 13.5. The van der Waals surface area contributed by atoms with Gasteiger partial charge in [0, 0.05) is 47.7 Å². The summed E-state index contributed by atoms with van der Waals surface area (Å²) in [6, 6.07) is 27.6. The van der Waals surface area contributed by atoms with Crippen LogP contribution in [0.4, 0.5) is 11.4 Å². The molecule has 0 aliphatic carbocycles. The Balaban J connectivity index is 0.00000294. The summed E-state index contributed by atoms with van der Waals surface area (Å²) in [5.41, 5.74) is 5.02. The molecule has 0 spiro atoms. The Bertz CT molecular complexity index is 1520. The first-order valence-corrected chi connectivity index (χ1v) is 12.3. The van der Waals surface area contributed by atoms with Crippen LogP contribution in [0.5, 0.6) is 0 Å². The number of furan rings is 1. The number of morpholine rings is 1. The van der Waals surface area contributed by atoms with Crippen LogP contribution in [0.15, 0.2) is 102 Å². The number of amides is 1. The third-order valence-corrected chi connectivity index (χ3v) is 6.35. The first-order chi connectivity index (χ1) is 18.2. The number of ether oxygens (including phenoxy) is 1. The summed E-state index contributed by atoms with van der Waals surface area (Å²) in [5.74, 6) is 0.428. The number of hydrogen-bond acceptors (Lipinski definition) is 5. The molecule has 1 saturated heterocycles. The van der Waals surface area contributed by atoms with E-state index in [1.54, 1.807) is 10.8 Å². The van der Waals surface area contributed by atoms with Crippen LogP contribution in [0.1, 0.15) is 5.56 Å². The van der Waals surface area contributed by atoms with Gasteiger partial charge in [0.1, 0.15) is 11.3 Å². The van der Waals surface area contributed by atoms with E-state index in [-0.39, 0.29) is 18.3 Å². The lowest BCUT2D eigenvalue weighted by Gasteiger charge is -2.28. The molecule has 2 aromatic heterocycles. The second kappa shape index (κ2) is 11.4. The molecule has 6 rings (SSSR count). The van der Waals surface area contributed by atoms with Crippen LogP contribution in [-0.2, 0) is 9.53 Å². The van der Waals surface area contributed by atoms with Gasteiger partial charge >= 0.3 is 0 Å². The second-order valence-corrected chi connectivity index (χ2v) is 8.83. The van der Waals surface area contributed by atoms with Crippen molar-refractivity contribution in [1.82, 2.24) is 9.78 Å². The highest BCUT2D eigenvalue weighted by molar-refractivity contribution is 6.02. The van der Waals surface area contributed by atoms with E-state index in [0.717, 1.165) is 59.9 Å². The molecule has 1 N–H and O–H groups in total. The third kappa shape index (κ3) is 5.49. The number of carbonyl (C=O) groups excluding carboxylic acids is 1. The molecule has 3 heterocycles. The van der Waals surface area contributed by atoms with Crippen LogP contribution >= 0.6 is 0 Å². The fourth-order valence-corrected chi connectivity index (χ4v) is 4.44. The number of fused-ring (bicyclic) bond motifs is 1. The number of benzene rings is 3. The summed E-state index contributed by atoms with van der Waals surface area (Å²) in [7, 11) is 0. The van der Waals surface area contributed by atoms with E-state index in [4.69, 9.17) is 14.3 Å².